The Kier molecular flexibility index (Phi) is 5.98. The Morgan fingerprint density at radius 2 is 1.95 bits per heavy atom. The molecule has 0 saturated carbocycles. The van der Waals surface area contributed by atoms with Crippen molar-refractivity contribution in [2.45, 2.75) is 71.4 Å². The minimum absolute atomic E-state index is 0.00864. The SMILES string of the molecule is CCCC1CCCCN1C(C)C(=O)c1ccc(CC)cc1. The summed E-state index contributed by atoms with van der Waals surface area (Å²) in [6.45, 7) is 7.54. The second-order valence-electron chi connectivity index (χ2n) is 6.27. The van der Waals surface area contributed by atoms with Gasteiger partial charge in [-0.25, -0.2) is 0 Å². The first-order valence-electron chi connectivity index (χ1n) is 8.56. The number of benzene rings is 1. The molecule has 0 radical (unpaired) electrons. The maximum Gasteiger partial charge on any atom is 0.179 e. The summed E-state index contributed by atoms with van der Waals surface area (Å²) in [5.74, 6) is 0.278. The largest absolute Gasteiger partial charge is 0.292 e. The second-order valence-corrected chi connectivity index (χ2v) is 6.27. The smallest absolute Gasteiger partial charge is 0.179 e. The van der Waals surface area contributed by atoms with Gasteiger partial charge in [-0.3, -0.25) is 9.69 Å². The molecule has 2 unspecified atom stereocenters. The van der Waals surface area contributed by atoms with E-state index in [4.69, 9.17) is 0 Å². The van der Waals surface area contributed by atoms with Gasteiger partial charge in [-0.05, 0) is 44.7 Å². The molecular formula is C19H29NO. The summed E-state index contributed by atoms with van der Waals surface area (Å²) in [4.78, 5) is 15.2. The summed E-state index contributed by atoms with van der Waals surface area (Å²) in [6, 6.07) is 8.76. The maximum absolute atomic E-state index is 12.8. The number of likely N-dealkylation sites (tertiary alicyclic amines) is 1. The molecule has 0 aliphatic carbocycles. The number of Topliss-reactive ketones (excluding diaryl/α,β-unsaturated/α-hetero) is 1. The van der Waals surface area contributed by atoms with Crippen LogP contribution in [-0.4, -0.2) is 29.3 Å². The van der Waals surface area contributed by atoms with Crippen LogP contribution in [0.2, 0.25) is 0 Å². The summed E-state index contributed by atoms with van der Waals surface area (Å²) in [5, 5.41) is 0. The van der Waals surface area contributed by atoms with Gasteiger partial charge in [0.1, 0.15) is 0 Å². The number of carbonyl (C=O) groups excluding carboxylic acids is 1. The molecule has 21 heavy (non-hydrogen) atoms. The molecule has 1 aromatic rings. The first kappa shape index (κ1) is 16.2. The van der Waals surface area contributed by atoms with Crippen molar-refractivity contribution in [2.75, 3.05) is 6.54 Å². The third-order valence-corrected chi connectivity index (χ3v) is 4.82. The van der Waals surface area contributed by atoms with Gasteiger partial charge in [0.15, 0.2) is 5.78 Å². The summed E-state index contributed by atoms with van der Waals surface area (Å²) in [5.41, 5.74) is 2.15. The van der Waals surface area contributed by atoms with Gasteiger partial charge in [-0.1, -0.05) is 51.0 Å². The molecule has 0 amide bonds. The van der Waals surface area contributed by atoms with E-state index in [0.29, 0.717) is 6.04 Å². The lowest BCUT2D eigenvalue weighted by Crippen LogP contribution is -2.48. The molecule has 1 fully saturated rings. The standard InChI is InChI=1S/C19H29NO/c1-4-8-18-9-6-7-14-20(18)15(3)19(21)17-12-10-16(5-2)11-13-17/h10-13,15,18H,4-9,14H2,1-3H3. The molecule has 0 N–H and O–H groups in total. The van der Waals surface area contributed by atoms with Crippen LogP contribution in [0.4, 0.5) is 0 Å². The normalized spacial score (nSPS) is 21.2. The van der Waals surface area contributed by atoms with Crippen molar-refractivity contribution < 1.29 is 4.79 Å². The topological polar surface area (TPSA) is 20.3 Å². The van der Waals surface area contributed by atoms with Crippen molar-refractivity contribution in [1.29, 1.82) is 0 Å². The molecule has 1 heterocycles. The summed E-state index contributed by atoms with van der Waals surface area (Å²) in [7, 11) is 0. The number of aryl methyl sites for hydroxylation is 1. The van der Waals surface area contributed by atoms with Gasteiger partial charge in [0, 0.05) is 11.6 Å². The van der Waals surface area contributed by atoms with Crippen molar-refractivity contribution in [3.8, 4) is 0 Å². The van der Waals surface area contributed by atoms with Crippen molar-refractivity contribution in [2.24, 2.45) is 0 Å². The molecule has 116 valence electrons. The van der Waals surface area contributed by atoms with E-state index in [2.05, 4.69) is 37.8 Å². The Morgan fingerprint density at radius 3 is 2.57 bits per heavy atom. The van der Waals surface area contributed by atoms with E-state index in [1.807, 2.05) is 12.1 Å². The molecule has 2 atom stereocenters. The van der Waals surface area contributed by atoms with Crippen molar-refractivity contribution >= 4 is 5.78 Å². The molecule has 1 saturated heterocycles. The van der Waals surface area contributed by atoms with Crippen LogP contribution >= 0.6 is 0 Å². The van der Waals surface area contributed by atoms with E-state index >= 15 is 0 Å². The van der Waals surface area contributed by atoms with Crippen molar-refractivity contribution in [1.82, 2.24) is 4.90 Å². The zero-order valence-corrected chi connectivity index (χ0v) is 13.8. The number of ketones is 1. The highest BCUT2D eigenvalue weighted by atomic mass is 16.1. The minimum Gasteiger partial charge on any atom is -0.292 e. The second kappa shape index (κ2) is 7.74. The predicted octanol–water partition coefficient (Wildman–Crippen LogP) is 4.47. The number of rotatable bonds is 6. The van der Waals surface area contributed by atoms with E-state index in [1.165, 1.54) is 37.7 Å². The number of carbonyl (C=O) groups is 1. The van der Waals surface area contributed by atoms with E-state index in [-0.39, 0.29) is 11.8 Å². The van der Waals surface area contributed by atoms with Gasteiger partial charge in [0.05, 0.1) is 6.04 Å². The molecule has 1 aliphatic heterocycles. The molecule has 2 nitrogen and oxygen atoms in total. The highest BCUT2D eigenvalue weighted by Crippen LogP contribution is 2.24. The average Bonchev–Trinajstić information content (AvgIpc) is 2.54. The summed E-state index contributed by atoms with van der Waals surface area (Å²) >= 11 is 0. The third kappa shape index (κ3) is 3.94. The zero-order chi connectivity index (χ0) is 15.2. The van der Waals surface area contributed by atoms with Gasteiger partial charge >= 0.3 is 0 Å². The molecule has 0 spiro atoms. The van der Waals surface area contributed by atoms with Gasteiger partial charge in [-0.2, -0.15) is 0 Å². The fourth-order valence-corrected chi connectivity index (χ4v) is 3.47. The number of piperidine rings is 1. The van der Waals surface area contributed by atoms with E-state index in [0.717, 1.165) is 18.5 Å². The molecule has 0 bridgehead atoms. The van der Waals surface area contributed by atoms with E-state index in [9.17, 15) is 4.79 Å². The van der Waals surface area contributed by atoms with Crippen LogP contribution in [0.1, 0.15) is 68.8 Å². The first-order valence-corrected chi connectivity index (χ1v) is 8.56. The highest BCUT2D eigenvalue weighted by molar-refractivity contribution is 5.99. The lowest BCUT2D eigenvalue weighted by atomic mass is 9.94. The Morgan fingerprint density at radius 1 is 1.24 bits per heavy atom. The van der Waals surface area contributed by atoms with Gasteiger partial charge in [0.2, 0.25) is 0 Å². The van der Waals surface area contributed by atoms with Gasteiger partial charge in [-0.15, -0.1) is 0 Å². The Labute approximate surface area is 129 Å². The Hall–Kier alpha value is -1.15. The summed E-state index contributed by atoms with van der Waals surface area (Å²) in [6.07, 6.45) is 7.23. The predicted molar refractivity (Wildman–Crippen MR) is 88.9 cm³/mol. The quantitative estimate of drug-likeness (QED) is 0.719. The molecule has 2 heteroatoms. The molecule has 2 rings (SSSR count). The number of hydrogen-bond acceptors (Lipinski definition) is 2. The zero-order valence-electron chi connectivity index (χ0n) is 13.8. The summed E-state index contributed by atoms with van der Waals surface area (Å²) < 4.78 is 0. The van der Waals surface area contributed by atoms with Crippen molar-refractivity contribution in [3.63, 3.8) is 0 Å². The van der Waals surface area contributed by atoms with Crippen LogP contribution in [-0.2, 0) is 6.42 Å². The lowest BCUT2D eigenvalue weighted by Gasteiger charge is -2.39. The Balaban J connectivity index is 2.08. The van der Waals surface area contributed by atoms with Crippen LogP contribution in [0.5, 0.6) is 0 Å². The monoisotopic (exact) mass is 287 g/mol. The lowest BCUT2D eigenvalue weighted by molar-refractivity contribution is 0.0649. The first-order chi connectivity index (χ1) is 10.2. The molecular weight excluding hydrogens is 258 g/mol. The minimum atomic E-state index is 0.00864. The van der Waals surface area contributed by atoms with Gasteiger partial charge < -0.3 is 0 Å². The molecule has 1 aromatic carbocycles. The van der Waals surface area contributed by atoms with E-state index < -0.39 is 0 Å². The van der Waals surface area contributed by atoms with Gasteiger partial charge in [0.25, 0.3) is 0 Å². The fourth-order valence-electron chi connectivity index (χ4n) is 3.47. The van der Waals surface area contributed by atoms with Crippen LogP contribution in [0.15, 0.2) is 24.3 Å². The van der Waals surface area contributed by atoms with Crippen LogP contribution < -0.4 is 0 Å². The number of nitrogens with zero attached hydrogens (tertiary/aromatic N) is 1. The number of hydrogen-bond donors (Lipinski definition) is 0. The van der Waals surface area contributed by atoms with Crippen LogP contribution in [0.25, 0.3) is 0 Å². The third-order valence-electron chi connectivity index (χ3n) is 4.82. The average molecular weight is 287 g/mol. The molecule has 1 aliphatic rings. The maximum atomic E-state index is 12.8. The van der Waals surface area contributed by atoms with Crippen LogP contribution in [0, 0.1) is 0 Å². The van der Waals surface area contributed by atoms with E-state index in [1.54, 1.807) is 0 Å². The Bertz CT molecular complexity index is 449. The fraction of sp³-hybridized carbons (Fsp3) is 0.632. The van der Waals surface area contributed by atoms with Crippen molar-refractivity contribution in [3.05, 3.63) is 35.4 Å². The highest BCUT2D eigenvalue weighted by Gasteiger charge is 2.30. The molecule has 0 aromatic heterocycles. The van der Waals surface area contributed by atoms with Crippen LogP contribution in [0.3, 0.4) is 0 Å².